The van der Waals surface area contributed by atoms with E-state index in [9.17, 15) is 9.90 Å². The maximum absolute atomic E-state index is 12.1. The van der Waals surface area contributed by atoms with E-state index in [0.29, 0.717) is 17.3 Å². The van der Waals surface area contributed by atoms with Gasteiger partial charge in [-0.25, -0.2) is 14.8 Å². The Morgan fingerprint density at radius 1 is 1.09 bits per heavy atom. The fourth-order valence-corrected chi connectivity index (χ4v) is 4.00. The summed E-state index contributed by atoms with van der Waals surface area (Å²) in [6.07, 6.45) is 3.43. The lowest BCUT2D eigenvalue weighted by Crippen LogP contribution is -2.35. The summed E-state index contributed by atoms with van der Waals surface area (Å²) in [5.41, 5.74) is 3.44. The monoisotopic (exact) mass is 464 g/mol. The normalized spacial score (nSPS) is 11.7. The first-order valence-corrected chi connectivity index (χ1v) is 11.3. The fourth-order valence-electron chi connectivity index (χ4n) is 4.00. The first kappa shape index (κ1) is 24.8. The van der Waals surface area contributed by atoms with Gasteiger partial charge in [-0.1, -0.05) is 30.3 Å². The molecular weight excluding hydrogens is 432 g/mol. The van der Waals surface area contributed by atoms with Gasteiger partial charge in [-0.15, -0.1) is 0 Å². The highest BCUT2D eigenvalue weighted by Crippen LogP contribution is 2.38. The van der Waals surface area contributed by atoms with Crippen molar-refractivity contribution >= 4 is 17.5 Å². The van der Waals surface area contributed by atoms with Crippen molar-refractivity contribution < 1.29 is 19.4 Å². The van der Waals surface area contributed by atoms with Crippen LogP contribution in [0.25, 0.3) is 11.1 Å². The number of ether oxygens (including phenoxy) is 2. The molecule has 8 nitrogen and oxygen atoms in total. The molecule has 3 aromatic rings. The number of rotatable bonds is 11. The maximum atomic E-state index is 12.1. The molecule has 8 heteroatoms. The van der Waals surface area contributed by atoms with Crippen molar-refractivity contribution in [2.45, 2.75) is 39.3 Å². The molecule has 0 saturated carbocycles. The summed E-state index contributed by atoms with van der Waals surface area (Å²) in [6.45, 7) is 6.95. The van der Waals surface area contributed by atoms with Crippen LogP contribution < -0.4 is 19.7 Å². The Morgan fingerprint density at radius 3 is 2.26 bits per heavy atom. The van der Waals surface area contributed by atoms with E-state index in [1.807, 2.05) is 49.4 Å². The highest BCUT2D eigenvalue weighted by Gasteiger charge is 2.22. The molecule has 0 unspecified atom stereocenters. The van der Waals surface area contributed by atoms with Crippen LogP contribution in [-0.2, 0) is 11.2 Å². The minimum atomic E-state index is -0.951. The molecule has 1 atom stereocenters. The van der Waals surface area contributed by atoms with Crippen molar-refractivity contribution in [2.24, 2.45) is 0 Å². The highest BCUT2D eigenvalue weighted by atomic mass is 16.5. The average molecular weight is 465 g/mol. The molecule has 2 N–H and O–H groups in total. The van der Waals surface area contributed by atoms with E-state index in [1.54, 1.807) is 20.4 Å². The van der Waals surface area contributed by atoms with Crippen molar-refractivity contribution in [1.82, 2.24) is 9.97 Å². The van der Waals surface area contributed by atoms with Gasteiger partial charge in [0.05, 0.1) is 31.7 Å². The van der Waals surface area contributed by atoms with Gasteiger partial charge in [-0.3, -0.25) is 0 Å². The van der Waals surface area contributed by atoms with Gasteiger partial charge in [0.25, 0.3) is 0 Å². The summed E-state index contributed by atoms with van der Waals surface area (Å²) in [4.78, 5) is 22.7. The highest BCUT2D eigenvalue weighted by molar-refractivity contribution is 5.80. The number of methoxy groups -OCH3 is 2. The van der Waals surface area contributed by atoms with Crippen LogP contribution in [0.5, 0.6) is 11.5 Å². The Balaban J connectivity index is 1.85. The smallest absolute Gasteiger partial charge is 0.326 e. The largest absolute Gasteiger partial charge is 0.496 e. The molecule has 0 aliphatic carbocycles. The van der Waals surface area contributed by atoms with Crippen molar-refractivity contribution in [3.05, 3.63) is 60.6 Å². The molecule has 1 aromatic heterocycles. The van der Waals surface area contributed by atoms with Crippen LogP contribution in [0.3, 0.4) is 0 Å². The fraction of sp³-hybridized carbons (Fsp3) is 0.346. The number of carboxylic acids is 1. The molecule has 1 heterocycles. The molecule has 34 heavy (non-hydrogen) atoms. The van der Waals surface area contributed by atoms with Gasteiger partial charge in [0, 0.05) is 19.0 Å². The Hall–Kier alpha value is -3.81. The van der Waals surface area contributed by atoms with Crippen molar-refractivity contribution in [2.75, 3.05) is 31.0 Å². The van der Waals surface area contributed by atoms with Gasteiger partial charge in [0.1, 0.15) is 23.9 Å². The Morgan fingerprint density at radius 2 is 1.74 bits per heavy atom. The molecule has 0 bridgehead atoms. The zero-order valence-corrected chi connectivity index (χ0v) is 20.3. The van der Waals surface area contributed by atoms with Gasteiger partial charge in [-0.05, 0) is 44.0 Å². The van der Waals surface area contributed by atoms with Crippen molar-refractivity contribution in [1.29, 1.82) is 0 Å². The first-order chi connectivity index (χ1) is 16.4. The second kappa shape index (κ2) is 11.4. The summed E-state index contributed by atoms with van der Waals surface area (Å²) in [5.74, 6) is 0.971. The van der Waals surface area contributed by atoms with E-state index < -0.39 is 12.0 Å². The lowest BCUT2D eigenvalue weighted by atomic mass is 9.99. The third-order valence-corrected chi connectivity index (χ3v) is 5.69. The Bertz CT molecular complexity index is 1080. The summed E-state index contributed by atoms with van der Waals surface area (Å²) in [5, 5.41) is 13.0. The van der Waals surface area contributed by atoms with Gasteiger partial charge in [0.2, 0.25) is 0 Å². The zero-order valence-electron chi connectivity index (χ0n) is 20.3. The quantitative estimate of drug-likeness (QED) is 0.428. The minimum Gasteiger partial charge on any atom is -0.496 e. The van der Waals surface area contributed by atoms with Crippen LogP contribution in [0.4, 0.5) is 11.5 Å². The van der Waals surface area contributed by atoms with Crippen molar-refractivity contribution in [3.63, 3.8) is 0 Å². The average Bonchev–Trinajstić information content (AvgIpc) is 2.84. The topological polar surface area (TPSA) is 96.8 Å². The lowest BCUT2D eigenvalue weighted by molar-refractivity contribution is -0.137. The van der Waals surface area contributed by atoms with Crippen LogP contribution in [-0.4, -0.2) is 53.9 Å². The molecule has 0 fully saturated rings. The van der Waals surface area contributed by atoms with E-state index in [2.05, 4.69) is 34.0 Å². The number of aliphatic carboxylic acids is 1. The predicted molar refractivity (Wildman–Crippen MR) is 134 cm³/mol. The number of aromatic nitrogens is 2. The minimum absolute atomic E-state index is 0.222. The number of anilines is 2. The number of carboxylic acid groups (broad SMARTS) is 1. The van der Waals surface area contributed by atoms with E-state index in [1.165, 1.54) is 6.33 Å². The second-order valence-corrected chi connectivity index (χ2v) is 8.11. The number of carbonyl (C=O) groups is 1. The van der Waals surface area contributed by atoms with Crippen LogP contribution in [0.15, 0.2) is 55.0 Å². The summed E-state index contributed by atoms with van der Waals surface area (Å²) >= 11 is 0. The molecular formula is C26H32N4O4. The summed E-state index contributed by atoms with van der Waals surface area (Å²) in [7, 11) is 3.24. The second-order valence-electron chi connectivity index (χ2n) is 8.11. The number of benzene rings is 2. The van der Waals surface area contributed by atoms with Gasteiger partial charge < -0.3 is 24.8 Å². The number of nitrogens with zero attached hydrogens (tertiary/aromatic N) is 3. The lowest BCUT2D eigenvalue weighted by Gasteiger charge is -2.29. The van der Waals surface area contributed by atoms with Gasteiger partial charge >= 0.3 is 5.97 Å². The molecule has 2 aromatic carbocycles. The van der Waals surface area contributed by atoms with E-state index in [4.69, 9.17) is 9.47 Å². The first-order valence-electron chi connectivity index (χ1n) is 11.3. The number of hydrogen-bond acceptors (Lipinski definition) is 7. The molecule has 0 aliphatic rings. The number of hydrogen-bond donors (Lipinski definition) is 2. The summed E-state index contributed by atoms with van der Waals surface area (Å²) in [6, 6.07) is 12.7. The zero-order chi connectivity index (χ0) is 24.7. The van der Waals surface area contributed by atoms with Crippen LogP contribution in [0.1, 0.15) is 26.3 Å². The molecule has 0 aliphatic heterocycles. The third kappa shape index (κ3) is 5.57. The van der Waals surface area contributed by atoms with Gasteiger partial charge in [-0.2, -0.15) is 0 Å². The Kier molecular flexibility index (Phi) is 8.29. The number of nitrogens with one attached hydrogen (secondary N) is 1. The molecule has 0 amide bonds. The molecule has 0 spiro atoms. The maximum Gasteiger partial charge on any atom is 0.326 e. The van der Waals surface area contributed by atoms with Crippen LogP contribution in [0, 0.1) is 0 Å². The molecule has 0 saturated heterocycles. The third-order valence-electron chi connectivity index (χ3n) is 5.69. The van der Waals surface area contributed by atoms with E-state index >= 15 is 0 Å². The SMILES string of the molecule is CCN(c1cncnc1N[C@@H](Cc1ccc(-c2c(OC)cccc2OC)cc1)C(=O)O)C(C)C. The molecule has 0 radical (unpaired) electrons. The van der Waals surface area contributed by atoms with E-state index in [-0.39, 0.29) is 12.5 Å². The van der Waals surface area contributed by atoms with Crippen LogP contribution in [0.2, 0.25) is 0 Å². The predicted octanol–water partition coefficient (Wildman–Crippen LogP) is 4.50. The molecule has 180 valence electrons. The van der Waals surface area contributed by atoms with Crippen molar-refractivity contribution in [3.8, 4) is 22.6 Å². The van der Waals surface area contributed by atoms with Gasteiger partial charge in [0.15, 0.2) is 5.82 Å². The van der Waals surface area contributed by atoms with E-state index in [0.717, 1.165) is 28.9 Å². The molecule has 3 rings (SSSR count). The Labute approximate surface area is 200 Å². The van der Waals surface area contributed by atoms with Crippen LogP contribution >= 0.6 is 0 Å². The summed E-state index contributed by atoms with van der Waals surface area (Å²) < 4.78 is 11.0. The standard InChI is InChI=1S/C26H32N4O4/c1-6-30(17(2)3)21-15-27-16-28-25(21)29-20(26(31)32)14-18-10-12-19(13-11-18)24-22(33-4)8-7-9-23(24)34-5/h7-13,15-17,20H,6,14H2,1-5H3,(H,31,32)(H,27,28,29)/t20-/m0/s1.